The van der Waals surface area contributed by atoms with Crippen molar-refractivity contribution in [3.63, 3.8) is 0 Å². The molecule has 0 aromatic heterocycles. The predicted molar refractivity (Wildman–Crippen MR) is 68.2 cm³/mol. The van der Waals surface area contributed by atoms with E-state index in [1.54, 1.807) is 0 Å². The fraction of sp³-hybridized carbons (Fsp3) is 0.462. The van der Waals surface area contributed by atoms with Crippen LogP contribution >= 0.6 is 0 Å². The summed E-state index contributed by atoms with van der Waals surface area (Å²) in [4.78, 5) is 14.5. The van der Waals surface area contributed by atoms with Gasteiger partial charge in [-0.15, -0.1) is 0 Å². The number of hydrogen-bond acceptors (Lipinski definition) is 3. The first kappa shape index (κ1) is 11.9. The van der Waals surface area contributed by atoms with Gasteiger partial charge in [0.2, 0.25) is 0 Å². The number of rotatable bonds is 4. The molecule has 1 aromatic carbocycles. The first-order chi connectivity index (χ1) is 9.15. The second-order valence-electron chi connectivity index (χ2n) is 5.41. The van der Waals surface area contributed by atoms with Crippen molar-refractivity contribution < 1.29 is 9.53 Å². The molecule has 0 aliphatic heterocycles. The van der Waals surface area contributed by atoms with Gasteiger partial charge in [-0.25, -0.2) is 4.79 Å². The number of ether oxygens (including phenoxy) is 1. The maximum atomic E-state index is 11.7. The third-order valence-corrected chi connectivity index (χ3v) is 3.84. The highest BCUT2D eigenvalue weighted by Crippen LogP contribution is 2.62. The molecule has 19 heavy (non-hydrogen) atoms. The average molecular weight is 258 g/mol. The fourth-order valence-electron chi connectivity index (χ4n) is 3.04. The van der Waals surface area contributed by atoms with Crippen molar-refractivity contribution in [2.75, 3.05) is 0 Å². The number of amides is 1. The molecule has 98 valence electrons. The molecule has 2 bridgehead atoms. The quantitative estimate of drug-likeness (QED) is 0.511. The predicted octanol–water partition coefficient (Wildman–Crippen LogP) is 2.90. The lowest BCUT2D eigenvalue weighted by Gasteiger charge is -2.67. The topological polar surface area (TPSA) is 87.1 Å². The van der Waals surface area contributed by atoms with Crippen LogP contribution in [0.15, 0.2) is 35.4 Å². The zero-order valence-electron chi connectivity index (χ0n) is 10.4. The number of azide groups is 1. The van der Waals surface area contributed by atoms with Gasteiger partial charge in [0.25, 0.3) is 0 Å². The van der Waals surface area contributed by atoms with E-state index in [0.717, 1.165) is 24.8 Å². The van der Waals surface area contributed by atoms with E-state index in [9.17, 15) is 4.79 Å². The van der Waals surface area contributed by atoms with Crippen LogP contribution in [-0.4, -0.2) is 17.2 Å². The van der Waals surface area contributed by atoms with Crippen molar-refractivity contribution in [2.24, 2.45) is 5.11 Å². The molecule has 3 saturated carbocycles. The molecule has 6 heteroatoms. The number of carbonyl (C=O) groups is 1. The second kappa shape index (κ2) is 4.17. The molecule has 0 spiro atoms. The van der Waals surface area contributed by atoms with Crippen molar-refractivity contribution in [1.29, 1.82) is 0 Å². The summed E-state index contributed by atoms with van der Waals surface area (Å²) in [6.07, 6.45) is 1.78. The minimum atomic E-state index is -0.405. The summed E-state index contributed by atoms with van der Waals surface area (Å²) in [5, 5.41) is 6.63. The summed E-state index contributed by atoms with van der Waals surface area (Å²) < 4.78 is 5.16. The third-order valence-electron chi connectivity index (χ3n) is 3.84. The highest BCUT2D eigenvalue weighted by molar-refractivity contribution is 5.69. The van der Waals surface area contributed by atoms with E-state index < -0.39 is 6.09 Å². The molecule has 0 saturated heterocycles. The highest BCUT2D eigenvalue weighted by atomic mass is 16.5. The molecule has 6 nitrogen and oxygen atoms in total. The van der Waals surface area contributed by atoms with Crippen LogP contribution in [0.4, 0.5) is 4.79 Å². The van der Waals surface area contributed by atoms with E-state index >= 15 is 0 Å². The zero-order chi connectivity index (χ0) is 13.3. The van der Waals surface area contributed by atoms with Crippen LogP contribution < -0.4 is 5.32 Å². The van der Waals surface area contributed by atoms with Gasteiger partial charge in [-0.05, 0) is 30.4 Å². The highest BCUT2D eigenvalue weighted by Gasteiger charge is 2.68. The number of nitrogens with one attached hydrogen (secondary N) is 1. The fourth-order valence-corrected chi connectivity index (χ4v) is 3.04. The lowest BCUT2D eigenvalue weighted by Crippen LogP contribution is -2.77. The van der Waals surface area contributed by atoms with E-state index in [2.05, 4.69) is 15.3 Å². The molecule has 3 fully saturated rings. The Bertz CT molecular complexity index is 531. The van der Waals surface area contributed by atoms with E-state index in [4.69, 9.17) is 10.3 Å². The van der Waals surface area contributed by atoms with E-state index in [0.29, 0.717) is 0 Å². The SMILES string of the molecule is [N-]=[N+]=NC12CC(NC(=O)OCc3ccccc3)(C1)C2. The summed E-state index contributed by atoms with van der Waals surface area (Å²) >= 11 is 0. The van der Waals surface area contributed by atoms with Gasteiger partial charge in [0.05, 0.1) is 5.54 Å². The Morgan fingerprint density at radius 1 is 1.37 bits per heavy atom. The molecule has 1 amide bonds. The molecule has 0 atom stereocenters. The van der Waals surface area contributed by atoms with Crippen LogP contribution in [0.25, 0.3) is 10.4 Å². The zero-order valence-corrected chi connectivity index (χ0v) is 10.4. The summed E-state index contributed by atoms with van der Waals surface area (Å²) in [6, 6.07) is 9.54. The Morgan fingerprint density at radius 3 is 2.68 bits per heavy atom. The van der Waals surface area contributed by atoms with Crippen LogP contribution in [0.1, 0.15) is 24.8 Å². The van der Waals surface area contributed by atoms with Crippen molar-refractivity contribution in [2.45, 2.75) is 36.9 Å². The molecule has 3 aliphatic rings. The van der Waals surface area contributed by atoms with Crippen molar-refractivity contribution in [1.82, 2.24) is 5.32 Å². The molecule has 1 N–H and O–H groups in total. The Kier molecular flexibility index (Phi) is 2.61. The van der Waals surface area contributed by atoms with Crippen molar-refractivity contribution >= 4 is 6.09 Å². The van der Waals surface area contributed by atoms with Gasteiger partial charge in [0, 0.05) is 10.5 Å². The van der Waals surface area contributed by atoms with E-state index in [1.165, 1.54) is 0 Å². The molecule has 0 unspecified atom stereocenters. The maximum Gasteiger partial charge on any atom is 0.407 e. The Hall–Kier alpha value is -2.20. The first-order valence-electron chi connectivity index (χ1n) is 6.21. The molecular formula is C13H14N4O2. The minimum absolute atomic E-state index is 0.192. The number of benzene rings is 1. The van der Waals surface area contributed by atoms with Crippen LogP contribution in [0.2, 0.25) is 0 Å². The van der Waals surface area contributed by atoms with Gasteiger partial charge < -0.3 is 10.1 Å². The third kappa shape index (κ3) is 2.11. The Labute approximate surface area is 110 Å². The number of alkyl carbamates (subject to hydrolysis) is 1. The standard InChI is InChI=1S/C13H14N4O2/c14-17-16-13-7-12(8-13,9-13)15-11(18)19-6-10-4-2-1-3-5-10/h1-5H,6-9H2,(H,15,18). The summed E-state index contributed by atoms with van der Waals surface area (Å²) in [5.74, 6) is 0. The van der Waals surface area contributed by atoms with Crippen LogP contribution in [0.5, 0.6) is 0 Å². The molecular weight excluding hydrogens is 244 g/mol. The Morgan fingerprint density at radius 2 is 2.05 bits per heavy atom. The van der Waals surface area contributed by atoms with Crippen LogP contribution in [0, 0.1) is 0 Å². The smallest absolute Gasteiger partial charge is 0.407 e. The van der Waals surface area contributed by atoms with E-state index in [1.807, 2.05) is 30.3 Å². The molecule has 0 heterocycles. The molecule has 0 radical (unpaired) electrons. The maximum absolute atomic E-state index is 11.7. The number of carbonyl (C=O) groups excluding carboxylic acids is 1. The number of hydrogen-bond donors (Lipinski definition) is 1. The molecule has 4 rings (SSSR count). The largest absolute Gasteiger partial charge is 0.445 e. The lowest BCUT2D eigenvalue weighted by molar-refractivity contribution is -0.0745. The van der Waals surface area contributed by atoms with Crippen molar-refractivity contribution in [3.8, 4) is 0 Å². The second-order valence-corrected chi connectivity index (χ2v) is 5.41. The van der Waals surface area contributed by atoms with Crippen LogP contribution in [-0.2, 0) is 11.3 Å². The van der Waals surface area contributed by atoms with Gasteiger partial charge in [-0.1, -0.05) is 35.4 Å². The van der Waals surface area contributed by atoms with Gasteiger partial charge in [-0.3, -0.25) is 0 Å². The Balaban J connectivity index is 1.45. The first-order valence-corrected chi connectivity index (χ1v) is 6.21. The van der Waals surface area contributed by atoms with Crippen LogP contribution in [0.3, 0.4) is 0 Å². The minimum Gasteiger partial charge on any atom is -0.445 e. The summed E-state index contributed by atoms with van der Waals surface area (Å²) in [5.41, 5.74) is 8.95. The monoisotopic (exact) mass is 258 g/mol. The molecule has 1 aromatic rings. The average Bonchev–Trinajstić information content (AvgIpc) is 2.34. The summed E-state index contributed by atoms with van der Waals surface area (Å²) in [6.45, 7) is 0.268. The van der Waals surface area contributed by atoms with E-state index in [-0.39, 0.29) is 17.7 Å². The summed E-state index contributed by atoms with van der Waals surface area (Å²) in [7, 11) is 0. The van der Waals surface area contributed by atoms with Gasteiger partial charge >= 0.3 is 6.09 Å². The molecule has 3 aliphatic carbocycles. The van der Waals surface area contributed by atoms with Gasteiger partial charge in [0.15, 0.2) is 0 Å². The number of nitrogens with zero attached hydrogens (tertiary/aromatic N) is 3. The normalized spacial score (nSPS) is 30.3. The van der Waals surface area contributed by atoms with Gasteiger partial charge in [0.1, 0.15) is 6.61 Å². The van der Waals surface area contributed by atoms with Crippen molar-refractivity contribution in [3.05, 3.63) is 46.3 Å². The van der Waals surface area contributed by atoms with Gasteiger partial charge in [-0.2, -0.15) is 0 Å². The lowest BCUT2D eigenvalue weighted by atomic mass is 9.44.